The maximum atomic E-state index is 12.1. The summed E-state index contributed by atoms with van der Waals surface area (Å²) in [5.41, 5.74) is 2.17. The van der Waals surface area contributed by atoms with Gasteiger partial charge in [0, 0.05) is 24.5 Å². The Morgan fingerprint density at radius 2 is 1.73 bits per heavy atom. The Balaban J connectivity index is 1.48. The van der Waals surface area contributed by atoms with E-state index in [2.05, 4.69) is 34.2 Å². The minimum atomic E-state index is 0.100. The van der Waals surface area contributed by atoms with Crippen LogP contribution in [-0.4, -0.2) is 43.5 Å². The van der Waals surface area contributed by atoms with Crippen LogP contribution < -0.4 is 10.2 Å². The van der Waals surface area contributed by atoms with Crippen molar-refractivity contribution in [3.8, 4) is 0 Å². The first kappa shape index (κ1) is 15.3. The van der Waals surface area contributed by atoms with Gasteiger partial charge in [0.1, 0.15) is 0 Å². The van der Waals surface area contributed by atoms with Gasteiger partial charge in [0.15, 0.2) is 0 Å². The van der Waals surface area contributed by atoms with Crippen LogP contribution in [-0.2, 0) is 4.79 Å². The number of carbonyl (C=O) groups excluding carboxylic acids is 1. The Bertz CT molecular complexity index is 486. The molecule has 2 fully saturated rings. The Morgan fingerprint density at radius 3 is 2.36 bits per heavy atom. The maximum absolute atomic E-state index is 12.1. The summed E-state index contributed by atoms with van der Waals surface area (Å²) in [7, 11) is 0. The van der Waals surface area contributed by atoms with Crippen LogP contribution in [0.15, 0.2) is 24.3 Å². The van der Waals surface area contributed by atoms with Crippen LogP contribution in [0.5, 0.6) is 0 Å². The molecule has 0 unspecified atom stereocenters. The van der Waals surface area contributed by atoms with E-state index in [1.807, 2.05) is 12.1 Å². The van der Waals surface area contributed by atoms with Gasteiger partial charge in [-0.15, -0.1) is 0 Å². The highest BCUT2D eigenvalue weighted by molar-refractivity contribution is 5.92. The lowest BCUT2D eigenvalue weighted by atomic mass is 9.99. The van der Waals surface area contributed by atoms with Crippen molar-refractivity contribution in [1.82, 2.24) is 4.90 Å². The molecule has 22 heavy (non-hydrogen) atoms. The molecule has 3 rings (SSSR count). The predicted octanol–water partition coefficient (Wildman–Crippen LogP) is 2.96. The minimum absolute atomic E-state index is 0.100. The monoisotopic (exact) mass is 301 g/mol. The average molecular weight is 301 g/mol. The molecule has 0 bridgehead atoms. The Labute approximate surface area is 133 Å². The minimum Gasteiger partial charge on any atom is -0.372 e. The summed E-state index contributed by atoms with van der Waals surface area (Å²) >= 11 is 0. The molecule has 2 aliphatic heterocycles. The largest absolute Gasteiger partial charge is 0.372 e. The van der Waals surface area contributed by atoms with E-state index in [9.17, 15) is 4.79 Å². The van der Waals surface area contributed by atoms with Gasteiger partial charge in [0.25, 0.3) is 0 Å². The maximum Gasteiger partial charge on any atom is 0.238 e. The number of nitrogens with zero attached hydrogens (tertiary/aromatic N) is 2. The summed E-state index contributed by atoms with van der Waals surface area (Å²) in [4.78, 5) is 16.8. The predicted molar refractivity (Wildman–Crippen MR) is 91.4 cm³/mol. The van der Waals surface area contributed by atoms with Gasteiger partial charge in [-0.25, -0.2) is 0 Å². The van der Waals surface area contributed by atoms with E-state index in [0.717, 1.165) is 37.8 Å². The fourth-order valence-corrected chi connectivity index (χ4v) is 3.35. The number of likely N-dealkylation sites (tertiary alicyclic amines) is 1. The van der Waals surface area contributed by atoms with Crippen molar-refractivity contribution >= 4 is 17.3 Å². The zero-order chi connectivity index (χ0) is 15.4. The van der Waals surface area contributed by atoms with Crippen molar-refractivity contribution in [2.75, 3.05) is 42.9 Å². The average Bonchev–Trinajstić information content (AvgIpc) is 3.05. The molecule has 0 spiro atoms. The summed E-state index contributed by atoms with van der Waals surface area (Å²) in [6.07, 6.45) is 4.98. The molecule has 0 saturated carbocycles. The molecule has 1 aromatic rings. The second kappa shape index (κ2) is 7.14. The van der Waals surface area contributed by atoms with Crippen LogP contribution in [0.4, 0.5) is 11.4 Å². The molecule has 2 heterocycles. The second-order valence-corrected chi connectivity index (χ2v) is 6.75. The molecule has 1 aromatic carbocycles. The Kier molecular flexibility index (Phi) is 4.98. The Hall–Kier alpha value is -1.55. The van der Waals surface area contributed by atoms with E-state index in [1.54, 1.807) is 0 Å². The molecule has 2 aliphatic rings. The van der Waals surface area contributed by atoms with Crippen molar-refractivity contribution in [1.29, 1.82) is 0 Å². The van der Waals surface area contributed by atoms with E-state index in [4.69, 9.17) is 0 Å². The molecule has 120 valence electrons. The highest BCUT2D eigenvalue weighted by Crippen LogP contribution is 2.22. The van der Waals surface area contributed by atoms with E-state index in [-0.39, 0.29) is 5.91 Å². The lowest BCUT2D eigenvalue weighted by molar-refractivity contribution is -0.117. The van der Waals surface area contributed by atoms with Crippen LogP contribution >= 0.6 is 0 Å². The van der Waals surface area contributed by atoms with Crippen molar-refractivity contribution in [3.63, 3.8) is 0 Å². The first-order valence-electron chi connectivity index (χ1n) is 8.58. The van der Waals surface area contributed by atoms with E-state index >= 15 is 0 Å². The van der Waals surface area contributed by atoms with Gasteiger partial charge < -0.3 is 10.2 Å². The van der Waals surface area contributed by atoms with Gasteiger partial charge in [-0.05, 0) is 69.0 Å². The van der Waals surface area contributed by atoms with Crippen LogP contribution in [0.25, 0.3) is 0 Å². The molecule has 0 aliphatic carbocycles. The summed E-state index contributed by atoms with van der Waals surface area (Å²) in [5.74, 6) is 0.904. The molecule has 0 aromatic heterocycles. The number of rotatable bonds is 4. The van der Waals surface area contributed by atoms with Crippen LogP contribution in [0.1, 0.15) is 32.6 Å². The van der Waals surface area contributed by atoms with Gasteiger partial charge in [0.05, 0.1) is 6.54 Å². The number of amides is 1. The third-order valence-electron chi connectivity index (χ3n) is 4.87. The molecular weight excluding hydrogens is 274 g/mol. The summed E-state index contributed by atoms with van der Waals surface area (Å²) < 4.78 is 0. The van der Waals surface area contributed by atoms with Gasteiger partial charge in [0.2, 0.25) is 5.91 Å². The zero-order valence-corrected chi connectivity index (χ0v) is 13.6. The number of anilines is 2. The van der Waals surface area contributed by atoms with Gasteiger partial charge in [-0.2, -0.15) is 0 Å². The number of carbonyl (C=O) groups is 1. The molecule has 2 saturated heterocycles. The summed E-state index contributed by atoms with van der Waals surface area (Å²) in [6, 6.07) is 8.26. The highest BCUT2D eigenvalue weighted by atomic mass is 16.2. The van der Waals surface area contributed by atoms with E-state index in [0.29, 0.717) is 6.54 Å². The number of hydrogen-bond acceptors (Lipinski definition) is 3. The van der Waals surface area contributed by atoms with E-state index in [1.165, 1.54) is 31.4 Å². The number of benzene rings is 1. The molecule has 1 N–H and O–H groups in total. The third kappa shape index (κ3) is 4.01. The highest BCUT2D eigenvalue weighted by Gasteiger charge is 2.18. The molecule has 0 radical (unpaired) electrons. The summed E-state index contributed by atoms with van der Waals surface area (Å²) in [5, 5.41) is 3.02. The normalized spacial score (nSPS) is 20.3. The number of hydrogen-bond donors (Lipinski definition) is 1. The number of piperidine rings is 1. The first-order chi connectivity index (χ1) is 10.7. The van der Waals surface area contributed by atoms with Crippen molar-refractivity contribution in [2.45, 2.75) is 32.6 Å². The lowest BCUT2D eigenvalue weighted by Crippen LogP contribution is -2.38. The van der Waals surface area contributed by atoms with Crippen molar-refractivity contribution in [2.24, 2.45) is 5.92 Å². The molecular formula is C18H27N3O. The van der Waals surface area contributed by atoms with Crippen LogP contribution in [0, 0.1) is 5.92 Å². The van der Waals surface area contributed by atoms with Gasteiger partial charge in [-0.1, -0.05) is 6.92 Å². The quantitative estimate of drug-likeness (QED) is 0.929. The molecule has 1 amide bonds. The lowest BCUT2D eigenvalue weighted by Gasteiger charge is -2.29. The zero-order valence-electron chi connectivity index (χ0n) is 13.6. The standard InChI is InChI=1S/C18H27N3O/c1-15-8-12-20(13-9-15)14-18(22)19-16-4-6-17(7-5-16)21-10-2-3-11-21/h4-7,15H,2-3,8-14H2,1H3,(H,19,22). The van der Waals surface area contributed by atoms with Gasteiger partial charge in [-0.3, -0.25) is 9.69 Å². The SMILES string of the molecule is CC1CCN(CC(=O)Nc2ccc(N3CCCC3)cc2)CC1. The fraction of sp³-hybridized carbons (Fsp3) is 0.611. The van der Waals surface area contributed by atoms with E-state index < -0.39 is 0 Å². The third-order valence-corrected chi connectivity index (χ3v) is 4.87. The first-order valence-corrected chi connectivity index (χ1v) is 8.58. The number of nitrogens with one attached hydrogen (secondary N) is 1. The fourth-order valence-electron chi connectivity index (χ4n) is 3.35. The Morgan fingerprint density at radius 1 is 1.09 bits per heavy atom. The van der Waals surface area contributed by atoms with Crippen LogP contribution in [0.2, 0.25) is 0 Å². The van der Waals surface area contributed by atoms with Gasteiger partial charge >= 0.3 is 0 Å². The van der Waals surface area contributed by atoms with Crippen molar-refractivity contribution in [3.05, 3.63) is 24.3 Å². The smallest absolute Gasteiger partial charge is 0.238 e. The van der Waals surface area contributed by atoms with Crippen molar-refractivity contribution < 1.29 is 4.79 Å². The topological polar surface area (TPSA) is 35.6 Å². The second-order valence-electron chi connectivity index (χ2n) is 6.75. The molecule has 4 nitrogen and oxygen atoms in total. The summed E-state index contributed by atoms with van der Waals surface area (Å²) in [6.45, 7) is 7.20. The molecule has 4 heteroatoms. The molecule has 0 atom stereocenters. The van der Waals surface area contributed by atoms with Crippen LogP contribution in [0.3, 0.4) is 0 Å².